The Morgan fingerprint density at radius 3 is 2.48 bits per heavy atom. The van der Waals surface area contributed by atoms with Gasteiger partial charge in [0.15, 0.2) is 11.0 Å². The number of methoxy groups -OCH3 is 1. The van der Waals surface area contributed by atoms with Crippen LogP contribution in [0.4, 0.5) is 5.69 Å². The molecule has 3 rings (SSSR count). The SMILES string of the molecule is COCCCn1c(SC(C)C(=O)Nc2ccc(C(C)(C)C)cc2)nnc1-c1ccccc1Cl. The molecule has 1 atom stereocenters. The largest absolute Gasteiger partial charge is 0.385 e. The number of anilines is 1. The number of halogens is 1. The van der Waals surface area contributed by atoms with Crippen LogP contribution in [0.2, 0.25) is 5.02 Å². The first-order chi connectivity index (χ1) is 15.7. The molecule has 0 aliphatic heterocycles. The minimum atomic E-state index is -0.364. The molecule has 33 heavy (non-hydrogen) atoms. The predicted molar refractivity (Wildman–Crippen MR) is 136 cm³/mol. The second-order valence-electron chi connectivity index (χ2n) is 8.86. The van der Waals surface area contributed by atoms with E-state index in [-0.39, 0.29) is 16.6 Å². The number of thioether (sulfide) groups is 1. The summed E-state index contributed by atoms with van der Waals surface area (Å²) >= 11 is 7.79. The molecule has 2 aromatic carbocycles. The summed E-state index contributed by atoms with van der Waals surface area (Å²) in [5.74, 6) is 0.596. The standard InChI is InChI=1S/C25H31ClN4O2S/c1-17(23(31)27-19-13-11-18(12-14-19)25(2,3)4)33-24-29-28-22(30(24)15-8-16-32-5)20-9-6-7-10-21(20)26/h6-7,9-14,17H,8,15-16H2,1-5H3,(H,27,31). The van der Waals surface area contributed by atoms with Gasteiger partial charge in [0.1, 0.15) is 0 Å². The maximum absolute atomic E-state index is 12.9. The number of rotatable bonds is 9. The minimum absolute atomic E-state index is 0.0674. The lowest BCUT2D eigenvalue weighted by atomic mass is 9.87. The van der Waals surface area contributed by atoms with Gasteiger partial charge >= 0.3 is 0 Å². The van der Waals surface area contributed by atoms with Crippen molar-refractivity contribution in [1.29, 1.82) is 0 Å². The van der Waals surface area contributed by atoms with Gasteiger partial charge in [0, 0.05) is 31.5 Å². The van der Waals surface area contributed by atoms with E-state index in [0.717, 1.165) is 17.7 Å². The van der Waals surface area contributed by atoms with Gasteiger partial charge in [-0.05, 0) is 48.6 Å². The molecule has 0 bridgehead atoms. The Balaban J connectivity index is 1.76. The van der Waals surface area contributed by atoms with E-state index < -0.39 is 0 Å². The number of nitrogens with zero attached hydrogens (tertiary/aromatic N) is 3. The molecule has 1 unspecified atom stereocenters. The van der Waals surface area contributed by atoms with Crippen LogP contribution in [0.15, 0.2) is 53.7 Å². The molecule has 1 heterocycles. The highest BCUT2D eigenvalue weighted by Crippen LogP contribution is 2.31. The van der Waals surface area contributed by atoms with Crippen molar-refractivity contribution in [3.05, 3.63) is 59.1 Å². The van der Waals surface area contributed by atoms with E-state index in [1.54, 1.807) is 7.11 Å². The predicted octanol–water partition coefficient (Wildman–Crippen LogP) is 6.05. The summed E-state index contributed by atoms with van der Waals surface area (Å²) < 4.78 is 7.22. The van der Waals surface area contributed by atoms with Gasteiger partial charge in [0.25, 0.3) is 0 Å². The summed E-state index contributed by atoms with van der Waals surface area (Å²) in [7, 11) is 1.68. The summed E-state index contributed by atoms with van der Waals surface area (Å²) in [4.78, 5) is 12.9. The van der Waals surface area contributed by atoms with Crippen molar-refractivity contribution in [2.24, 2.45) is 0 Å². The first-order valence-electron chi connectivity index (χ1n) is 11.0. The Labute approximate surface area is 205 Å². The van der Waals surface area contributed by atoms with Crippen molar-refractivity contribution < 1.29 is 9.53 Å². The van der Waals surface area contributed by atoms with Gasteiger partial charge in [-0.3, -0.25) is 4.79 Å². The van der Waals surface area contributed by atoms with Crippen LogP contribution in [0, 0.1) is 0 Å². The highest BCUT2D eigenvalue weighted by atomic mass is 35.5. The smallest absolute Gasteiger partial charge is 0.237 e. The molecule has 0 saturated carbocycles. The number of ether oxygens (including phenoxy) is 1. The van der Waals surface area contributed by atoms with Crippen LogP contribution >= 0.6 is 23.4 Å². The third-order valence-electron chi connectivity index (χ3n) is 5.23. The van der Waals surface area contributed by atoms with Gasteiger partial charge in [0.2, 0.25) is 5.91 Å². The topological polar surface area (TPSA) is 69.0 Å². The van der Waals surface area contributed by atoms with Crippen molar-refractivity contribution in [3.63, 3.8) is 0 Å². The normalized spacial score (nSPS) is 12.5. The lowest BCUT2D eigenvalue weighted by Crippen LogP contribution is -2.23. The average Bonchev–Trinajstić information content (AvgIpc) is 3.16. The number of carbonyl (C=O) groups is 1. The van der Waals surface area contributed by atoms with Gasteiger partial charge in [-0.1, -0.05) is 68.4 Å². The quantitative estimate of drug-likeness (QED) is 0.294. The first kappa shape index (κ1) is 25.3. The second-order valence-corrected chi connectivity index (χ2v) is 10.6. The van der Waals surface area contributed by atoms with E-state index in [9.17, 15) is 4.79 Å². The van der Waals surface area contributed by atoms with Crippen LogP contribution in [-0.2, 0) is 21.5 Å². The fraction of sp³-hybridized carbons (Fsp3) is 0.400. The minimum Gasteiger partial charge on any atom is -0.385 e. The van der Waals surface area contributed by atoms with Gasteiger partial charge in [0.05, 0.1) is 10.3 Å². The molecule has 1 aromatic heterocycles. The Hall–Kier alpha value is -2.35. The third kappa shape index (κ3) is 6.59. The zero-order chi connectivity index (χ0) is 24.0. The van der Waals surface area contributed by atoms with Gasteiger partial charge < -0.3 is 14.6 Å². The Morgan fingerprint density at radius 1 is 1.15 bits per heavy atom. The molecule has 0 fully saturated rings. The number of aromatic nitrogens is 3. The van der Waals surface area contributed by atoms with E-state index >= 15 is 0 Å². The summed E-state index contributed by atoms with van der Waals surface area (Å²) in [6.07, 6.45) is 0.792. The molecule has 6 nitrogen and oxygen atoms in total. The van der Waals surface area contributed by atoms with E-state index in [4.69, 9.17) is 16.3 Å². The van der Waals surface area contributed by atoms with E-state index in [1.165, 1.54) is 17.3 Å². The highest BCUT2D eigenvalue weighted by Gasteiger charge is 2.22. The van der Waals surface area contributed by atoms with Crippen molar-refractivity contribution in [3.8, 4) is 11.4 Å². The summed E-state index contributed by atoms with van der Waals surface area (Å²) in [5.41, 5.74) is 2.88. The van der Waals surface area contributed by atoms with Crippen LogP contribution in [0.5, 0.6) is 0 Å². The van der Waals surface area contributed by atoms with Crippen molar-refractivity contribution in [2.75, 3.05) is 19.0 Å². The number of carbonyl (C=O) groups excluding carboxylic acids is 1. The molecular weight excluding hydrogens is 456 g/mol. The molecule has 0 radical (unpaired) electrons. The molecule has 1 N–H and O–H groups in total. The lowest BCUT2D eigenvalue weighted by molar-refractivity contribution is -0.115. The Morgan fingerprint density at radius 2 is 1.85 bits per heavy atom. The maximum atomic E-state index is 12.9. The van der Waals surface area contributed by atoms with Gasteiger partial charge in [-0.15, -0.1) is 10.2 Å². The molecular formula is C25H31ClN4O2S. The van der Waals surface area contributed by atoms with Crippen LogP contribution in [0.25, 0.3) is 11.4 Å². The second kappa shape index (κ2) is 11.2. The molecule has 0 spiro atoms. The Kier molecular flexibility index (Phi) is 8.57. The molecule has 0 saturated heterocycles. The van der Waals surface area contributed by atoms with Crippen molar-refractivity contribution >= 4 is 35.0 Å². The molecule has 176 valence electrons. The summed E-state index contributed by atoms with van der Waals surface area (Å²) in [5, 5.41) is 12.7. The first-order valence-corrected chi connectivity index (χ1v) is 12.2. The van der Waals surface area contributed by atoms with Crippen molar-refractivity contribution in [1.82, 2.24) is 14.8 Å². The number of hydrogen-bond acceptors (Lipinski definition) is 5. The third-order valence-corrected chi connectivity index (χ3v) is 6.64. The molecule has 0 aliphatic carbocycles. The molecule has 3 aromatic rings. The fourth-order valence-corrected chi connectivity index (χ4v) is 4.39. The molecule has 8 heteroatoms. The zero-order valence-electron chi connectivity index (χ0n) is 19.8. The van der Waals surface area contributed by atoms with E-state index in [1.807, 2.05) is 47.9 Å². The van der Waals surface area contributed by atoms with Crippen LogP contribution in [-0.4, -0.2) is 39.6 Å². The zero-order valence-corrected chi connectivity index (χ0v) is 21.3. The number of benzene rings is 2. The fourth-order valence-electron chi connectivity index (χ4n) is 3.30. The van der Waals surface area contributed by atoms with Gasteiger partial charge in [-0.2, -0.15) is 0 Å². The maximum Gasteiger partial charge on any atom is 0.237 e. The van der Waals surface area contributed by atoms with E-state index in [0.29, 0.717) is 29.2 Å². The van der Waals surface area contributed by atoms with Gasteiger partial charge in [-0.25, -0.2) is 0 Å². The van der Waals surface area contributed by atoms with Crippen molar-refractivity contribution in [2.45, 2.75) is 56.5 Å². The lowest BCUT2D eigenvalue weighted by Gasteiger charge is -2.19. The highest BCUT2D eigenvalue weighted by molar-refractivity contribution is 8.00. The molecule has 0 aliphatic rings. The monoisotopic (exact) mass is 486 g/mol. The summed E-state index contributed by atoms with van der Waals surface area (Å²) in [6, 6.07) is 15.5. The Bertz CT molecular complexity index is 1080. The number of nitrogens with one attached hydrogen (secondary N) is 1. The van der Waals surface area contributed by atoms with Crippen LogP contribution < -0.4 is 5.32 Å². The van der Waals surface area contributed by atoms with Crippen LogP contribution in [0.3, 0.4) is 0 Å². The van der Waals surface area contributed by atoms with E-state index in [2.05, 4.69) is 48.4 Å². The average molecular weight is 487 g/mol. The number of amides is 1. The number of hydrogen-bond donors (Lipinski definition) is 1. The summed E-state index contributed by atoms with van der Waals surface area (Å²) in [6.45, 7) is 9.64. The van der Waals surface area contributed by atoms with Crippen LogP contribution in [0.1, 0.15) is 39.7 Å². The molecule has 1 amide bonds.